The fourth-order valence-corrected chi connectivity index (χ4v) is 2.32. The minimum Gasteiger partial charge on any atom is -0.386 e. The van der Waals surface area contributed by atoms with Gasteiger partial charge in [-0.3, -0.25) is 4.79 Å². The van der Waals surface area contributed by atoms with E-state index < -0.39 is 17.7 Å². The van der Waals surface area contributed by atoms with E-state index in [9.17, 15) is 18.7 Å². The SMILES string of the molecule is Cc1cc(=O)n2ncnc2n1C[C@H](O)c1ccc(F)cc1F. The Morgan fingerprint density at radius 2 is 2.09 bits per heavy atom. The van der Waals surface area contributed by atoms with Crippen LogP contribution in [-0.4, -0.2) is 24.3 Å². The second-order valence-electron chi connectivity index (χ2n) is 4.89. The lowest BCUT2D eigenvalue weighted by molar-refractivity contribution is 0.151. The molecule has 0 saturated heterocycles. The third-order valence-corrected chi connectivity index (χ3v) is 3.42. The summed E-state index contributed by atoms with van der Waals surface area (Å²) >= 11 is 0. The number of aliphatic hydroxyl groups excluding tert-OH is 1. The lowest BCUT2D eigenvalue weighted by atomic mass is 10.1. The van der Waals surface area contributed by atoms with E-state index in [1.165, 1.54) is 18.5 Å². The standard InChI is InChI=1S/C14H12F2N4O2/c1-8-4-13(22)20-14(17-7-18-20)19(8)6-12(21)10-3-2-9(15)5-11(10)16/h2-5,7,12,21H,6H2,1H3/t12-/m0/s1. The molecule has 0 amide bonds. The second-order valence-corrected chi connectivity index (χ2v) is 4.89. The first-order valence-corrected chi connectivity index (χ1v) is 6.50. The van der Waals surface area contributed by atoms with Crippen molar-refractivity contribution in [2.45, 2.75) is 19.6 Å². The maximum absolute atomic E-state index is 13.7. The van der Waals surface area contributed by atoms with Gasteiger partial charge in [-0.25, -0.2) is 8.78 Å². The molecule has 0 unspecified atom stereocenters. The normalized spacial score (nSPS) is 12.7. The van der Waals surface area contributed by atoms with Crippen molar-refractivity contribution in [3.8, 4) is 0 Å². The van der Waals surface area contributed by atoms with Crippen LogP contribution in [0, 0.1) is 18.6 Å². The number of rotatable bonds is 3. The molecule has 0 saturated carbocycles. The van der Waals surface area contributed by atoms with Crippen molar-refractivity contribution >= 4 is 5.78 Å². The van der Waals surface area contributed by atoms with Gasteiger partial charge in [0.1, 0.15) is 18.0 Å². The number of benzene rings is 1. The molecule has 0 radical (unpaired) electrons. The smallest absolute Gasteiger partial charge is 0.275 e. The van der Waals surface area contributed by atoms with Crippen molar-refractivity contribution in [3.05, 3.63) is 63.8 Å². The quantitative estimate of drug-likeness (QED) is 0.789. The molecule has 2 heterocycles. The average Bonchev–Trinajstić information content (AvgIpc) is 2.93. The Balaban J connectivity index is 2.03. The summed E-state index contributed by atoms with van der Waals surface area (Å²) in [5.74, 6) is -1.30. The van der Waals surface area contributed by atoms with Crippen LogP contribution in [0.2, 0.25) is 0 Å². The fourth-order valence-electron chi connectivity index (χ4n) is 2.32. The molecule has 22 heavy (non-hydrogen) atoms. The third kappa shape index (κ3) is 2.37. The zero-order valence-electron chi connectivity index (χ0n) is 11.6. The van der Waals surface area contributed by atoms with Gasteiger partial charge in [-0.05, 0) is 13.0 Å². The molecular formula is C14H12F2N4O2. The van der Waals surface area contributed by atoms with Gasteiger partial charge in [0.05, 0.1) is 12.6 Å². The highest BCUT2D eigenvalue weighted by molar-refractivity contribution is 5.30. The van der Waals surface area contributed by atoms with Gasteiger partial charge in [0.15, 0.2) is 0 Å². The van der Waals surface area contributed by atoms with E-state index in [0.717, 1.165) is 10.6 Å². The molecule has 0 fully saturated rings. The summed E-state index contributed by atoms with van der Waals surface area (Å²) in [6.07, 6.45) is -0.000318. The second kappa shape index (κ2) is 5.30. The van der Waals surface area contributed by atoms with Gasteiger partial charge in [-0.15, -0.1) is 0 Å². The monoisotopic (exact) mass is 306 g/mol. The summed E-state index contributed by atoms with van der Waals surface area (Å²) in [6, 6.07) is 4.32. The number of aromatic nitrogens is 4. The molecule has 0 aliphatic heterocycles. The molecule has 8 heteroatoms. The molecule has 1 aromatic carbocycles. The average molecular weight is 306 g/mol. The summed E-state index contributed by atoms with van der Waals surface area (Å²) in [7, 11) is 0. The maximum Gasteiger partial charge on any atom is 0.275 e. The van der Waals surface area contributed by atoms with Gasteiger partial charge in [0, 0.05) is 23.4 Å². The molecule has 2 aromatic heterocycles. The predicted molar refractivity (Wildman–Crippen MR) is 73.3 cm³/mol. The topological polar surface area (TPSA) is 72.4 Å². The molecular weight excluding hydrogens is 294 g/mol. The molecule has 114 valence electrons. The highest BCUT2D eigenvalue weighted by atomic mass is 19.1. The predicted octanol–water partition coefficient (Wildman–Crippen LogP) is 1.21. The Morgan fingerprint density at radius 3 is 2.82 bits per heavy atom. The van der Waals surface area contributed by atoms with Gasteiger partial charge >= 0.3 is 0 Å². The molecule has 3 aromatic rings. The number of fused-ring (bicyclic) bond motifs is 1. The van der Waals surface area contributed by atoms with Crippen molar-refractivity contribution in [1.82, 2.24) is 19.2 Å². The first kappa shape index (κ1) is 14.3. The summed E-state index contributed by atoms with van der Waals surface area (Å²) in [5, 5.41) is 14.0. The summed E-state index contributed by atoms with van der Waals surface area (Å²) in [5.41, 5.74) is 0.174. The van der Waals surface area contributed by atoms with Crippen molar-refractivity contribution < 1.29 is 13.9 Å². The van der Waals surface area contributed by atoms with Crippen LogP contribution in [0.1, 0.15) is 17.4 Å². The highest BCUT2D eigenvalue weighted by Gasteiger charge is 2.17. The summed E-state index contributed by atoms with van der Waals surface area (Å²) < 4.78 is 29.3. The van der Waals surface area contributed by atoms with Crippen LogP contribution >= 0.6 is 0 Å². The largest absolute Gasteiger partial charge is 0.386 e. The Kier molecular flexibility index (Phi) is 3.45. The van der Waals surface area contributed by atoms with Crippen LogP contribution in [0.4, 0.5) is 8.78 Å². The van der Waals surface area contributed by atoms with E-state index in [1.807, 2.05) is 0 Å². The molecule has 0 bridgehead atoms. The highest BCUT2D eigenvalue weighted by Crippen LogP contribution is 2.20. The van der Waals surface area contributed by atoms with Gasteiger partial charge in [0.2, 0.25) is 5.78 Å². The molecule has 6 nitrogen and oxygen atoms in total. The Labute approximate surface area is 123 Å². The van der Waals surface area contributed by atoms with Gasteiger partial charge in [-0.2, -0.15) is 14.6 Å². The Morgan fingerprint density at radius 1 is 1.32 bits per heavy atom. The fraction of sp³-hybridized carbons (Fsp3) is 0.214. The third-order valence-electron chi connectivity index (χ3n) is 3.42. The van der Waals surface area contributed by atoms with Crippen LogP contribution < -0.4 is 5.56 Å². The minimum absolute atomic E-state index is 0.0304. The molecule has 3 rings (SSSR count). The molecule has 1 N–H and O–H groups in total. The van der Waals surface area contributed by atoms with Crippen molar-refractivity contribution in [3.63, 3.8) is 0 Å². The number of hydrogen-bond donors (Lipinski definition) is 1. The minimum atomic E-state index is -1.22. The van der Waals surface area contributed by atoms with E-state index in [-0.39, 0.29) is 23.4 Å². The van der Waals surface area contributed by atoms with Crippen molar-refractivity contribution in [2.24, 2.45) is 0 Å². The van der Waals surface area contributed by atoms with Crippen LogP contribution in [0.25, 0.3) is 5.78 Å². The Hall–Kier alpha value is -2.61. The van der Waals surface area contributed by atoms with Crippen LogP contribution in [-0.2, 0) is 6.54 Å². The molecule has 0 aliphatic carbocycles. The zero-order chi connectivity index (χ0) is 15.9. The number of halogens is 2. The van der Waals surface area contributed by atoms with E-state index >= 15 is 0 Å². The first-order chi connectivity index (χ1) is 10.5. The lowest BCUT2D eigenvalue weighted by Crippen LogP contribution is -2.22. The zero-order valence-corrected chi connectivity index (χ0v) is 11.6. The molecule has 1 atom stereocenters. The molecule has 0 spiro atoms. The van der Waals surface area contributed by atoms with E-state index in [4.69, 9.17) is 0 Å². The van der Waals surface area contributed by atoms with Crippen molar-refractivity contribution in [2.75, 3.05) is 0 Å². The van der Waals surface area contributed by atoms with Gasteiger partial charge < -0.3 is 9.67 Å². The maximum atomic E-state index is 13.7. The summed E-state index contributed by atoms with van der Waals surface area (Å²) in [6.45, 7) is 1.63. The van der Waals surface area contributed by atoms with Gasteiger partial charge in [-0.1, -0.05) is 6.07 Å². The molecule has 0 aliphatic rings. The van der Waals surface area contributed by atoms with E-state index in [2.05, 4.69) is 10.1 Å². The van der Waals surface area contributed by atoms with E-state index in [1.54, 1.807) is 11.5 Å². The number of nitrogens with zero attached hydrogens (tertiary/aromatic N) is 4. The Bertz CT molecular complexity index is 903. The van der Waals surface area contributed by atoms with Crippen LogP contribution in [0.5, 0.6) is 0 Å². The van der Waals surface area contributed by atoms with Crippen LogP contribution in [0.15, 0.2) is 35.4 Å². The number of hydrogen-bond acceptors (Lipinski definition) is 4. The van der Waals surface area contributed by atoms with Crippen molar-refractivity contribution in [1.29, 1.82) is 0 Å². The first-order valence-electron chi connectivity index (χ1n) is 6.50. The van der Waals surface area contributed by atoms with Crippen LogP contribution in [0.3, 0.4) is 0 Å². The summed E-state index contributed by atoms with van der Waals surface area (Å²) in [4.78, 5) is 15.7. The van der Waals surface area contributed by atoms with E-state index in [0.29, 0.717) is 11.8 Å². The lowest BCUT2D eigenvalue weighted by Gasteiger charge is -2.17. The number of aliphatic hydroxyl groups is 1. The number of aryl methyl sites for hydroxylation is 1. The van der Waals surface area contributed by atoms with Gasteiger partial charge in [0.25, 0.3) is 5.56 Å².